The van der Waals surface area contributed by atoms with E-state index in [2.05, 4.69) is 28.9 Å². The van der Waals surface area contributed by atoms with Gasteiger partial charge in [0.2, 0.25) is 5.91 Å². The number of unbranched alkanes of at least 4 members (excludes halogenated alkanes) is 2. The lowest BCUT2D eigenvalue weighted by molar-refractivity contribution is -0.118. The average molecular weight is 434 g/mol. The molecule has 26 heavy (non-hydrogen) atoms. The Hall–Kier alpha value is -1.46. The maximum absolute atomic E-state index is 12.8. The van der Waals surface area contributed by atoms with E-state index in [0.29, 0.717) is 0 Å². The molecule has 0 aromatic heterocycles. The van der Waals surface area contributed by atoms with Crippen molar-refractivity contribution in [3.63, 3.8) is 0 Å². The van der Waals surface area contributed by atoms with Crippen LogP contribution in [0.4, 0.5) is 5.69 Å². The van der Waals surface area contributed by atoms with Crippen LogP contribution in [0.5, 0.6) is 5.75 Å². The molecule has 1 aliphatic rings. The van der Waals surface area contributed by atoms with Gasteiger partial charge in [-0.3, -0.25) is 4.79 Å². The normalized spacial score (nSPS) is 16.5. The third kappa shape index (κ3) is 4.44. The van der Waals surface area contributed by atoms with Crippen LogP contribution in [0.25, 0.3) is 0 Å². The number of alkyl halides is 1. The van der Waals surface area contributed by atoms with Gasteiger partial charge >= 0.3 is 0 Å². The molecule has 5 heteroatoms. The minimum absolute atomic E-state index is 0.120. The Morgan fingerprint density at radius 1 is 1.12 bits per heavy atom. The Labute approximate surface area is 168 Å². The number of hydrogen-bond donors (Lipinski definition) is 0. The molecule has 1 heterocycles. The van der Waals surface area contributed by atoms with Crippen molar-refractivity contribution in [2.75, 3.05) is 23.9 Å². The van der Waals surface area contributed by atoms with Crippen LogP contribution in [0, 0.1) is 6.92 Å². The van der Waals surface area contributed by atoms with E-state index < -0.39 is 0 Å². The van der Waals surface area contributed by atoms with Gasteiger partial charge in [-0.1, -0.05) is 34.1 Å². The van der Waals surface area contributed by atoms with Crippen LogP contribution in [-0.2, 0) is 4.79 Å². The summed E-state index contributed by atoms with van der Waals surface area (Å²) >= 11 is 5.07. The molecule has 138 valence electrons. The fourth-order valence-electron chi connectivity index (χ4n) is 2.98. The molecule has 0 bridgehead atoms. The van der Waals surface area contributed by atoms with E-state index in [0.717, 1.165) is 40.3 Å². The topological polar surface area (TPSA) is 29.5 Å². The number of carbonyl (C=O) groups is 1. The molecular formula is C21H24BrNO2S. The summed E-state index contributed by atoms with van der Waals surface area (Å²) in [4.78, 5) is 15.7. The Bertz CT molecular complexity index is 763. The fourth-order valence-corrected chi connectivity index (χ4v) is 4.76. The first-order valence-corrected chi connectivity index (χ1v) is 10.9. The van der Waals surface area contributed by atoms with E-state index in [1.165, 1.54) is 18.4 Å². The molecule has 1 amide bonds. The summed E-state index contributed by atoms with van der Waals surface area (Å²) < 4.78 is 5.80. The molecule has 0 saturated carbocycles. The van der Waals surface area contributed by atoms with Crippen LogP contribution in [0.15, 0.2) is 47.4 Å². The van der Waals surface area contributed by atoms with Gasteiger partial charge in [0.25, 0.3) is 0 Å². The zero-order valence-electron chi connectivity index (χ0n) is 15.2. The molecule has 3 nitrogen and oxygen atoms in total. The lowest BCUT2D eigenvalue weighted by Gasteiger charge is -2.31. The van der Waals surface area contributed by atoms with Crippen LogP contribution in [0.3, 0.4) is 0 Å². The lowest BCUT2D eigenvalue weighted by Crippen LogP contribution is -2.33. The van der Waals surface area contributed by atoms with E-state index >= 15 is 0 Å². The number of hydrogen-bond acceptors (Lipinski definition) is 3. The minimum Gasteiger partial charge on any atom is -0.494 e. The van der Waals surface area contributed by atoms with E-state index in [9.17, 15) is 4.79 Å². The summed E-state index contributed by atoms with van der Waals surface area (Å²) in [6, 6.07) is 14.2. The lowest BCUT2D eigenvalue weighted by atomic mass is 10.1. The van der Waals surface area contributed by atoms with Gasteiger partial charge in [0.1, 0.15) is 11.0 Å². The first kappa shape index (κ1) is 19.3. The predicted octanol–water partition coefficient (Wildman–Crippen LogP) is 5.75. The summed E-state index contributed by atoms with van der Waals surface area (Å²) in [5.41, 5.74) is 3.22. The molecule has 3 rings (SSSR count). The number of amides is 1. The summed E-state index contributed by atoms with van der Waals surface area (Å²) in [5.74, 6) is 0.986. The van der Waals surface area contributed by atoms with Gasteiger partial charge in [-0.15, -0.1) is 11.8 Å². The molecule has 0 saturated heterocycles. The largest absolute Gasteiger partial charge is 0.494 e. The highest BCUT2D eigenvalue weighted by Gasteiger charge is 2.32. The number of carbonyl (C=O) groups excluding carboxylic acids is 1. The molecular weight excluding hydrogens is 410 g/mol. The summed E-state index contributed by atoms with van der Waals surface area (Å²) in [7, 11) is 1.85. The van der Waals surface area contributed by atoms with Crippen molar-refractivity contribution in [3.05, 3.63) is 53.6 Å². The van der Waals surface area contributed by atoms with E-state index in [1.54, 1.807) is 16.7 Å². The van der Waals surface area contributed by atoms with Crippen molar-refractivity contribution in [1.82, 2.24) is 0 Å². The predicted molar refractivity (Wildman–Crippen MR) is 113 cm³/mol. The second-order valence-electron chi connectivity index (χ2n) is 6.53. The number of anilines is 1. The molecule has 0 spiro atoms. The number of halogens is 1. The van der Waals surface area contributed by atoms with Crippen LogP contribution in [0.2, 0.25) is 0 Å². The Balaban J connectivity index is 1.68. The van der Waals surface area contributed by atoms with Gasteiger partial charge in [0, 0.05) is 17.3 Å². The molecule has 2 aromatic carbocycles. The maximum atomic E-state index is 12.8. The summed E-state index contributed by atoms with van der Waals surface area (Å²) in [6.45, 7) is 2.81. The second kappa shape index (κ2) is 8.96. The zero-order chi connectivity index (χ0) is 18.5. The monoisotopic (exact) mass is 433 g/mol. The van der Waals surface area contributed by atoms with Crippen LogP contribution in [-0.4, -0.2) is 24.9 Å². The first-order chi connectivity index (χ1) is 12.6. The maximum Gasteiger partial charge on any atom is 0.244 e. The third-order valence-electron chi connectivity index (χ3n) is 4.51. The number of rotatable bonds is 7. The molecule has 0 radical (unpaired) electrons. The average Bonchev–Trinajstić information content (AvgIpc) is 2.65. The summed E-state index contributed by atoms with van der Waals surface area (Å²) in [6.07, 6.45) is 3.41. The minimum atomic E-state index is -0.206. The van der Waals surface area contributed by atoms with Gasteiger partial charge < -0.3 is 9.64 Å². The molecule has 0 N–H and O–H groups in total. The highest BCUT2D eigenvalue weighted by Crippen LogP contribution is 2.46. The summed E-state index contributed by atoms with van der Waals surface area (Å²) in [5, 5.41) is 0.841. The highest BCUT2D eigenvalue weighted by molar-refractivity contribution is 9.09. The molecule has 1 unspecified atom stereocenters. The van der Waals surface area contributed by atoms with Crippen LogP contribution in [0.1, 0.15) is 35.6 Å². The van der Waals surface area contributed by atoms with Crippen molar-refractivity contribution in [1.29, 1.82) is 0 Å². The molecule has 2 aromatic rings. The van der Waals surface area contributed by atoms with Crippen molar-refractivity contribution in [2.24, 2.45) is 0 Å². The highest BCUT2D eigenvalue weighted by atomic mass is 79.9. The number of ether oxygens (including phenoxy) is 1. The quantitative estimate of drug-likeness (QED) is 0.411. The van der Waals surface area contributed by atoms with Crippen molar-refractivity contribution >= 4 is 39.3 Å². The SMILES string of the molecule is Cc1ccc2c(c1)SC(c1ccc(OCCCCCBr)cc1)C(=O)N2C. The van der Waals surface area contributed by atoms with Gasteiger partial charge in [-0.2, -0.15) is 0 Å². The smallest absolute Gasteiger partial charge is 0.244 e. The van der Waals surface area contributed by atoms with Crippen molar-refractivity contribution in [2.45, 2.75) is 36.3 Å². The van der Waals surface area contributed by atoms with Crippen molar-refractivity contribution in [3.8, 4) is 5.75 Å². The van der Waals surface area contributed by atoms with Crippen molar-refractivity contribution < 1.29 is 9.53 Å². The first-order valence-electron chi connectivity index (χ1n) is 8.94. The van der Waals surface area contributed by atoms with E-state index in [4.69, 9.17) is 4.74 Å². The molecule has 0 fully saturated rings. The zero-order valence-corrected chi connectivity index (χ0v) is 17.6. The fraction of sp³-hybridized carbons (Fsp3) is 0.381. The number of likely N-dealkylation sites (N-methyl/N-ethyl adjacent to an activating group) is 1. The Morgan fingerprint density at radius 3 is 2.62 bits per heavy atom. The number of fused-ring (bicyclic) bond motifs is 1. The van der Waals surface area contributed by atoms with Gasteiger partial charge in [-0.25, -0.2) is 0 Å². The number of benzene rings is 2. The molecule has 1 aliphatic heterocycles. The standard InChI is InChI=1S/C21H24BrNO2S/c1-15-6-11-18-19(14-15)26-20(21(24)23(18)2)16-7-9-17(10-8-16)25-13-5-3-4-12-22/h6-11,14,20H,3-5,12-13H2,1-2H3. The second-order valence-corrected chi connectivity index (χ2v) is 8.47. The third-order valence-corrected chi connectivity index (χ3v) is 6.36. The van der Waals surface area contributed by atoms with E-state index in [-0.39, 0.29) is 11.2 Å². The molecule has 1 atom stereocenters. The Morgan fingerprint density at radius 2 is 1.88 bits per heavy atom. The number of nitrogens with zero attached hydrogens (tertiary/aromatic N) is 1. The number of thioether (sulfide) groups is 1. The molecule has 0 aliphatic carbocycles. The number of aryl methyl sites for hydroxylation is 1. The van der Waals surface area contributed by atoms with Gasteiger partial charge in [-0.05, 0) is 61.6 Å². The Kier molecular flexibility index (Phi) is 6.65. The van der Waals surface area contributed by atoms with Gasteiger partial charge in [0.15, 0.2) is 0 Å². The van der Waals surface area contributed by atoms with Gasteiger partial charge in [0.05, 0.1) is 12.3 Å². The van der Waals surface area contributed by atoms with Crippen LogP contribution >= 0.6 is 27.7 Å². The van der Waals surface area contributed by atoms with E-state index in [1.807, 2.05) is 43.4 Å². The van der Waals surface area contributed by atoms with Crippen LogP contribution < -0.4 is 9.64 Å².